The van der Waals surface area contributed by atoms with Gasteiger partial charge < -0.3 is 135 Å². The van der Waals surface area contributed by atoms with Crippen molar-refractivity contribution in [2.75, 3.05) is 65.5 Å². The van der Waals surface area contributed by atoms with Gasteiger partial charge in [0.15, 0.2) is 23.8 Å². The number of nitrogens with one attached hydrogen (secondary N) is 21. The number of phenols is 1. The van der Waals surface area contributed by atoms with Gasteiger partial charge in [0, 0.05) is 57.4 Å². The highest BCUT2D eigenvalue weighted by Crippen LogP contribution is 2.14. The number of nitrogens with zero attached hydrogens (tertiary/aromatic N) is 3. The first-order chi connectivity index (χ1) is 53.1. The molecule has 2 aromatic carbocycles. The van der Waals surface area contributed by atoms with Gasteiger partial charge in [-0.2, -0.15) is 0 Å². The number of unbranched alkanes of at least 4 members (excludes halogenated alkanes) is 1. The molecule has 0 aliphatic heterocycles. The molecular weight excluding hydrogens is 1470 g/mol. The molecule has 47 heteroatoms. The highest BCUT2D eigenvalue weighted by atomic mass is 16.3. The fourth-order valence-corrected chi connectivity index (χ4v) is 10.3. The van der Waals surface area contributed by atoms with Crippen LogP contribution in [0.5, 0.6) is 5.75 Å². The first-order valence-electron chi connectivity index (χ1n) is 35.2. The number of hydrogen-bond acceptors (Lipinski definition) is 22. The largest absolute Gasteiger partial charge is 0.508 e. The van der Waals surface area contributed by atoms with E-state index in [1.54, 1.807) is 30.3 Å². The van der Waals surface area contributed by atoms with Crippen molar-refractivity contribution >= 4 is 112 Å². The Labute approximate surface area is 642 Å². The van der Waals surface area contributed by atoms with E-state index in [0.29, 0.717) is 24.0 Å². The van der Waals surface area contributed by atoms with E-state index in [0.717, 1.165) is 0 Å². The number of carbonyl (C=O) groups is 15. The monoisotopic (exact) mass is 1580 g/mol. The summed E-state index contributed by atoms with van der Waals surface area (Å²) < 4.78 is 0. The number of rotatable bonds is 54. The fourth-order valence-electron chi connectivity index (χ4n) is 10.3. The van der Waals surface area contributed by atoms with Crippen LogP contribution in [0.3, 0.4) is 0 Å². The maximum absolute atomic E-state index is 14.7. The van der Waals surface area contributed by atoms with Crippen molar-refractivity contribution in [2.24, 2.45) is 39.5 Å². The molecule has 0 fully saturated rings. The van der Waals surface area contributed by atoms with Crippen LogP contribution in [-0.4, -0.2) is 243 Å². The second-order valence-electron chi connectivity index (χ2n) is 25.0. The van der Waals surface area contributed by atoms with Crippen LogP contribution in [0, 0.1) is 21.6 Å². The van der Waals surface area contributed by atoms with E-state index in [-0.39, 0.29) is 115 Å². The number of benzene rings is 2. The highest BCUT2D eigenvalue weighted by molar-refractivity contribution is 6.00. The summed E-state index contributed by atoms with van der Waals surface area (Å²) in [6.45, 7) is -2.92. The van der Waals surface area contributed by atoms with Crippen molar-refractivity contribution in [3.05, 3.63) is 76.2 Å². The highest BCUT2D eigenvalue weighted by Gasteiger charge is 2.35. The molecule has 0 aromatic heterocycles. The van der Waals surface area contributed by atoms with E-state index in [1.165, 1.54) is 31.2 Å². The molecule has 0 radical (unpaired) electrons. The Morgan fingerprint density at radius 3 is 1.15 bits per heavy atom. The smallest absolute Gasteiger partial charge is 0.245 e. The lowest BCUT2D eigenvalue weighted by Gasteiger charge is -2.27. The molecule has 2 rings (SSSR count). The first-order valence-corrected chi connectivity index (χ1v) is 35.2. The van der Waals surface area contributed by atoms with Gasteiger partial charge in [-0.1, -0.05) is 54.0 Å². The van der Waals surface area contributed by atoms with Crippen molar-refractivity contribution in [3.63, 3.8) is 0 Å². The fraction of sp³-hybridized carbons (Fsp3) is 0.523. The number of guanidine groups is 4. The minimum atomic E-state index is -1.88. The molecule has 0 saturated heterocycles. The van der Waals surface area contributed by atoms with E-state index in [1.807, 2.05) is 0 Å². The zero-order chi connectivity index (χ0) is 83.7. The lowest BCUT2D eigenvalue weighted by molar-refractivity contribution is -0.135. The van der Waals surface area contributed by atoms with Crippen LogP contribution >= 0.6 is 0 Å². The summed E-state index contributed by atoms with van der Waals surface area (Å²) in [7, 11) is 0. The molecule has 0 heterocycles. The molecule has 47 nitrogen and oxygen atoms in total. The Balaban J connectivity index is 2.41. The SMILES string of the molecule is CC(=O)N[C@@H](CCCCN=[N+]=[N-])C(=O)NCC(=O)NCC(=O)N[C@@H](CO)C(=O)NCC(=O)N[C@@H](CC(N)=O)C(=O)N[C@@H](CCCNC(=N)N)C(=O)N[C@@H](Cc1ccccc1)C(=O)N[C@@H](CCCNC(=N)N)C(=O)NCC(=O)N[C@@H](CCCNC(=N)N)C(=O)N[C@@H](Cc1ccc(O)cc1)C(=O)N[C@@H](CCCNC(=N)N)C(N)=O. The molecule has 0 bridgehead atoms. The summed E-state index contributed by atoms with van der Waals surface area (Å²) >= 11 is 0. The van der Waals surface area contributed by atoms with Crippen LogP contribution in [0.4, 0.5) is 0 Å². The number of primary amides is 2. The molecular formula is C65H104N30O17. The molecule has 0 aliphatic rings. The number of aromatic hydroxyl groups is 1. The third-order valence-electron chi connectivity index (χ3n) is 15.8. The van der Waals surface area contributed by atoms with Gasteiger partial charge in [0.1, 0.15) is 60.1 Å². The van der Waals surface area contributed by atoms with Crippen LogP contribution in [0.25, 0.3) is 10.4 Å². The van der Waals surface area contributed by atoms with Crippen molar-refractivity contribution in [1.29, 1.82) is 21.6 Å². The third-order valence-corrected chi connectivity index (χ3v) is 15.8. The Morgan fingerprint density at radius 2 is 0.732 bits per heavy atom. The minimum absolute atomic E-state index is 0.0140. The predicted molar refractivity (Wildman–Crippen MR) is 402 cm³/mol. The number of amides is 15. The van der Waals surface area contributed by atoms with Crippen LogP contribution < -0.4 is 125 Å². The quantitative estimate of drug-likeness (QED) is 0.00730. The average Bonchev–Trinajstić information content (AvgIpc) is 0.855. The van der Waals surface area contributed by atoms with E-state index >= 15 is 0 Å². The van der Waals surface area contributed by atoms with Gasteiger partial charge in [-0.25, -0.2) is 0 Å². The first kappa shape index (κ1) is 94.7. The molecule has 616 valence electrons. The predicted octanol–water partition coefficient (Wildman–Crippen LogP) is -10.1. The average molecular weight is 1580 g/mol. The molecule has 35 N–H and O–H groups in total. The number of nitrogens with two attached hydrogens (primary N) is 6. The van der Waals surface area contributed by atoms with E-state index < -0.39 is 200 Å². The van der Waals surface area contributed by atoms with Gasteiger partial charge in [-0.05, 0) is 93.0 Å². The van der Waals surface area contributed by atoms with Gasteiger partial charge in [0.25, 0.3) is 0 Å². The normalized spacial score (nSPS) is 12.9. The topological polar surface area (TPSA) is 801 Å². The van der Waals surface area contributed by atoms with Crippen LogP contribution in [0.15, 0.2) is 59.7 Å². The van der Waals surface area contributed by atoms with Gasteiger partial charge in [-0.15, -0.1) is 0 Å². The zero-order valence-corrected chi connectivity index (χ0v) is 61.7. The van der Waals surface area contributed by atoms with E-state index in [4.69, 9.17) is 61.6 Å². The summed E-state index contributed by atoms with van der Waals surface area (Å²) in [5.74, 6) is -16.5. The summed E-state index contributed by atoms with van der Waals surface area (Å²) in [4.78, 5) is 204. The molecule has 0 saturated carbocycles. The maximum atomic E-state index is 14.7. The Hall–Kier alpha value is -13.4. The van der Waals surface area contributed by atoms with E-state index in [9.17, 15) is 82.1 Å². The van der Waals surface area contributed by atoms with Crippen LogP contribution in [0.1, 0.15) is 95.1 Å². The maximum Gasteiger partial charge on any atom is 0.245 e. The van der Waals surface area contributed by atoms with Crippen molar-refractivity contribution in [3.8, 4) is 5.75 Å². The lowest BCUT2D eigenvalue weighted by Crippen LogP contribution is -2.59. The molecule has 9 atom stereocenters. The van der Waals surface area contributed by atoms with Gasteiger partial charge in [-0.3, -0.25) is 93.6 Å². The number of aliphatic hydroxyl groups is 1. The number of hydrogen-bond donors (Lipinski definition) is 29. The van der Waals surface area contributed by atoms with Gasteiger partial charge >= 0.3 is 0 Å². The molecule has 0 spiro atoms. The second-order valence-corrected chi connectivity index (χ2v) is 25.0. The minimum Gasteiger partial charge on any atom is -0.508 e. The Bertz CT molecular complexity index is 3620. The van der Waals surface area contributed by atoms with Crippen LogP contribution in [0.2, 0.25) is 0 Å². The zero-order valence-electron chi connectivity index (χ0n) is 61.7. The number of phenolic OH excluding ortho intramolecular Hbond substituents is 1. The van der Waals surface area contributed by atoms with Crippen molar-refractivity contribution in [1.82, 2.24) is 90.4 Å². The summed E-state index contributed by atoms with van der Waals surface area (Å²) in [6.07, 6.45) is -0.939. The second kappa shape index (κ2) is 52.6. The van der Waals surface area contributed by atoms with Gasteiger partial charge in [0.2, 0.25) is 88.6 Å². The summed E-state index contributed by atoms with van der Waals surface area (Å²) in [5, 5.41) is 94.8. The Morgan fingerprint density at radius 1 is 0.393 bits per heavy atom. The number of aliphatic hydroxyl groups excluding tert-OH is 1. The van der Waals surface area contributed by atoms with Crippen molar-refractivity contribution < 1.29 is 82.1 Å². The van der Waals surface area contributed by atoms with Crippen molar-refractivity contribution in [2.45, 2.75) is 151 Å². The number of azide groups is 1. The van der Waals surface area contributed by atoms with Crippen LogP contribution in [-0.2, 0) is 84.8 Å². The molecule has 112 heavy (non-hydrogen) atoms. The molecule has 0 aliphatic carbocycles. The molecule has 2 aromatic rings. The molecule has 0 unspecified atom stereocenters. The lowest BCUT2D eigenvalue weighted by atomic mass is 10.0. The third kappa shape index (κ3) is 41.7. The standard InChI is InChI=1S/C65H104N30O17/c1-35(97)86-40(13-5-6-26-85-95-76)54(105)82-30-49(100)81-31-50(101)89-47(34-96)56(107)84-33-52(103)88-46(29-48(66)99)61(112)92-43(17-10-25-80-65(74)75)58(109)94-44(27-36-11-3-2-4-12-36)60(111)91-41(15-8-23-78-63(70)71)55(106)83-32-51(102)87-42(16-9-24-79-64(72)73)57(108)93-45(28-37-18-20-38(98)21-19-37)59(110)90-39(53(67)104)14-7-22-77-62(68)69/h2-4,11-12,18-21,39-47,96,98H,5-10,13-17,22-34H2,1H3,(H2,66,99)(H2,67,104)(H,81,100)(H,82,105)(H,83,106)(H,84,107)(H,86,97)(H,87,102)(H,88,103)(H,89,101)(H,90,110)(H,91,111)(H,92,112)(H,93,108)(H,94,109)(H4,68,69,77)(H4,70,71,78)(H4,72,73,79)(H4,74,75,80)/t39-,40-,41-,42-,43-,44-,45-,46-,47-/m0/s1. The summed E-state index contributed by atoms with van der Waals surface area (Å²) in [6, 6.07) is -0.0319. The summed E-state index contributed by atoms with van der Waals surface area (Å²) in [5.41, 5.74) is 42.2. The number of carbonyl (C=O) groups excluding carboxylic acids is 15. The van der Waals surface area contributed by atoms with Gasteiger partial charge in [0.05, 0.1) is 39.2 Å². The van der Waals surface area contributed by atoms with E-state index in [2.05, 4.69) is 100 Å². The molecule has 15 amide bonds. The Kier molecular flexibility index (Phi) is 44.5.